The highest BCUT2D eigenvalue weighted by Gasteiger charge is 2.24. The molecule has 2 heterocycles. The molecule has 0 N–H and O–H groups in total. The first-order chi connectivity index (χ1) is 12.3. The van der Waals surface area contributed by atoms with Crippen molar-refractivity contribution < 1.29 is 14.0 Å². The van der Waals surface area contributed by atoms with Gasteiger partial charge in [0, 0.05) is 6.42 Å². The Bertz CT molecular complexity index is 906. The highest BCUT2D eigenvalue weighted by molar-refractivity contribution is 5.56. The van der Waals surface area contributed by atoms with E-state index < -0.39 is 0 Å². The summed E-state index contributed by atoms with van der Waals surface area (Å²) in [4.78, 5) is 4.75. The van der Waals surface area contributed by atoms with Gasteiger partial charge in [-0.25, -0.2) is 9.67 Å². The van der Waals surface area contributed by atoms with Gasteiger partial charge >= 0.3 is 0 Å². The first-order valence-corrected chi connectivity index (χ1v) is 8.42. The lowest BCUT2D eigenvalue weighted by molar-refractivity contribution is 0.354. The van der Waals surface area contributed by atoms with Crippen molar-refractivity contribution in [3.8, 4) is 22.9 Å². The SMILES string of the molecule is COc1ccc(Cc2nc(-c3cnoc3C)n(C(C)(C)C)n2)cc1OC. The predicted molar refractivity (Wildman–Crippen MR) is 97.6 cm³/mol. The quantitative estimate of drug-likeness (QED) is 0.695. The molecule has 0 bridgehead atoms. The Morgan fingerprint density at radius 3 is 2.42 bits per heavy atom. The van der Waals surface area contributed by atoms with Gasteiger partial charge in [-0.1, -0.05) is 11.2 Å². The van der Waals surface area contributed by atoms with Gasteiger partial charge in [-0.05, 0) is 45.4 Å². The fourth-order valence-corrected chi connectivity index (χ4v) is 2.76. The van der Waals surface area contributed by atoms with Gasteiger partial charge in [-0.15, -0.1) is 0 Å². The number of methoxy groups -OCH3 is 2. The van der Waals surface area contributed by atoms with Crippen molar-refractivity contribution in [3.63, 3.8) is 0 Å². The van der Waals surface area contributed by atoms with Crippen LogP contribution in [0.15, 0.2) is 28.9 Å². The van der Waals surface area contributed by atoms with Crippen molar-refractivity contribution >= 4 is 0 Å². The van der Waals surface area contributed by atoms with E-state index in [-0.39, 0.29) is 5.54 Å². The van der Waals surface area contributed by atoms with Crippen LogP contribution in [0.25, 0.3) is 11.4 Å². The van der Waals surface area contributed by atoms with Gasteiger partial charge in [0.2, 0.25) is 0 Å². The van der Waals surface area contributed by atoms with E-state index >= 15 is 0 Å². The second-order valence-corrected chi connectivity index (χ2v) is 7.10. The molecule has 3 aromatic rings. The minimum Gasteiger partial charge on any atom is -0.493 e. The average molecular weight is 356 g/mol. The van der Waals surface area contributed by atoms with Gasteiger partial charge in [0.05, 0.1) is 31.5 Å². The molecular formula is C19H24N4O3. The van der Waals surface area contributed by atoms with E-state index in [1.54, 1.807) is 20.4 Å². The Labute approximate surface area is 152 Å². The summed E-state index contributed by atoms with van der Waals surface area (Å²) in [6.45, 7) is 8.15. The molecule has 2 aromatic heterocycles. The van der Waals surface area contributed by atoms with Gasteiger partial charge in [-0.2, -0.15) is 5.10 Å². The third kappa shape index (κ3) is 3.42. The molecule has 0 radical (unpaired) electrons. The molecule has 0 saturated heterocycles. The largest absolute Gasteiger partial charge is 0.493 e. The van der Waals surface area contributed by atoms with E-state index in [1.165, 1.54) is 0 Å². The number of benzene rings is 1. The molecule has 7 nitrogen and oxygen atoms in total. The number of nitrogens with zero attached hydrogens (tertiary/aromatic N) is 4. The summed E-state index contributed by atoms with van der Waals surface area (Å²) in [5.74, 6) is 3.59. The van der Waals surface area contributed by atoms with E-state index in [1.807, 2.05) is 29.8 Å². The molecule has 0 amide bonds. The van der Waals surface area contributed by atoms with E-state index in [0.717, 1.165) is 28.5 Å². The van der Waals surface area contributed by atoms with Crippen molar-refractivity contribution in [1.82, 2.24) is 19.9 Å². The number of ether oxygens (including phenoxy) is 2. The molecule has 0 aliphatic rings. The van der Waals surface area contributed by atoms with Crippen LogP contribution in [0.3, 0.4) is 0 Å². The molecule has 0 unspecified atom stereocenters. The zero-order valence-corrected chi connectivity index (χ0v) is 16.0. The molecule has 138 valence electrons. The fraction of sp³-hybridized carbons (Fsp3) is 0.421. The second kappa shape index (κ2) is 6.82. The summed E-state index contributed by atoms with van der Waals surface area (Å²) in [6.07, 6.45) is 2.27. The molecule has 7 heteroatoms. The average Bonchev–Trinajstić information content (AvgIpc) is 3.20. The third-order valence-corrected chi connectivity index (χ3v) is 4.09. The van der Waals surface area contributed by atoms with Crippen LogP contribution in [0.2, 0.25) is 0 Å². The number of aryl methyl sites for hydroxylation is 1. The fourth-order valence-electron chi connectivity index (χ4n) is 2.76. The van der Waals surface area contributed by atoms with Crippen LogP contribution < -0.4 is 9.47 Å². The Kier molecular flexibility index (Phi) is 4.71. The van der Waals surface area contributed by atoms with Crippen LogP contribution in [-0.4, -0.2) is 34.1 Å². The zero-order valence-electron chi connectivity index (χ0n) is 16.0. The molecule has 0 aliphatic heterocycles. The predicted octanol–water partition coefficient (Wildman–Crippen LogP) is 3.60. The molecule has 26 heavy (non-hydrogen) atoms. The summed E-state index contributed by atoms with van der Waals surface area (Å²) in [5, 5.41) is 8.61. The highest BCUT2D eigenvalue weighted by atomic mass is 16.5. The first-order valence-electron chi connectivity index (χ1n) is 8.42. The van der Waals surface area contributed by atoms with E-state index in [0.29, 0.717) is 17.9 Å². The normalized spacial score (nSPS) is 11.6. The number of hydrogen-bond donors (Lipinski definition) is 0. The van der Waals surface area contributed by atoms with Gasteiger partial charge in [0.15, 0.2) is 23.1 Å². The van der Waals surface area contributed by atoms with E-state index in [2.05, 4.69) is 25.9 Å². The molecule has 0 aliphatic carbocycles. The topological polar surface area (TPSA) is 75.2 Å². The summed E-state index contributed by atoms with van der Waals surface area (Å²) >= 11 is 0. The second-order valence-electron chi connectivity index (χ2n) is 7.10. The highest BCUT2D eigenvalue weighted by Crippen LogP contribution is 2.30. The Morgan fingerprint density at radius 2 is 1.85 bits per heavy atom. The maximum atomic E-state index is 5.38. The Hall–Kier alpha value is -2.83. The maximum Gasteiger partial charge on any atom is 0.164 e. The van der Waals surface area contributed by atoms with Crippen molar-refractivity contribution in [2.75, 3.05) is 14.2 Å². The number of hydrogen-bond acceptors (Lipinski definition) is 6. The standard InChI is InChI=1S/C19H24N4O3/c1-12-14(11-20-26-12)18-21-17(22-23(18)19(2,3)4)10-13-7-8-15(24-5)16(9-13)25-6/h7-9,11H,10H2,1-6H3. The summed E-state index contributed by atoms with van der Waals surface area (Å²) in [6, 6.07) is 5.82. The monoisotopic (exact) mass is 356 g/mol. The van der Waals surface area contributed by atoms with Crippen molar-refractivity contribution in [3.05, 3.63) is 41.5 Å². The smallest absolute Gasteiger partial charge is 0.164 e. The van der Waals surface area contributed by atoms with Crippen LogP contribution in [0.5, 0.6) is 11.5 Å². The van der Waals surface area contributed by atoms with Gasteiger partial charge < -0.3 is 14.0 Å². The molecule has 1 aromatic carbocycles. The van der Waals surface area contributed by atoms with Crippen LogP contribution >= 0.6 is 0 Å². The Morgan fingerprint density at radius 1 is 1.12 bits per heavy atom. The van der Waals surface area contributed by atoms with Crippen molar-refractivity contribution in [1.29, 1.82) is 0 Å². The molecule has 0 saturated carbocycles. The van der Waals surface area contributed by atoms with Crippen LogP contribution in [0, 0.1) is 6.92 Å². The molecular weight excluding hydrogens is 332 g/mol. The van der Waals surface area contributed by atoms with E-state index in [9.17, 15) is 0 Å². The lowest BCUT2D eigenvalue weighted by Gasteiger charge is -2.20. The summed E-state index contributed by atoms with van der Waals surface area (Å²) in [7, 11) is 3.25. The van der Waals surface area contributed by atoms with Gasteiger partial charge in [0.1, 0.15) is 5.76 Å². The summed E-state index contributed by atoms with van der Waals surface area (Å²) < 4.78 is 17.8. The van der Waals surface area contributed by atoms with Crippen LogP contribution in [0.1, 0.15) is 37.9 Å². The molecule has 0 fully saturated rings. The van der Waals surface area contributed by atoms with E-state index in [4.69, 9.17) is 24.1 Å². The third-order valence-electron chi connectivity index (χ3n) is 4.09. The van der Waals surface area contributed by atoms with Crippen LogP contribution in [0.4, 0.5) is 0 Å². The molecule has 0 atom stereocenters. The molecule has 3 rings (SSSR count). The minimum atomic E-state index is -0.220. The van der Waals surface area contributed by atoms with Crippen molar-refractivity contribution in [2.24, 2.45) is 0 Å². The van der Waals surface area contributed by atoms with Gasteiger partial charge in [0.25, 0.3) is 0 Å². The minimum absolute atomic E-state index is 0.220. The lowest BCUT2D eigenvalue weighted by Crippen LogP contribution is -2.24. The van der Waals surface area contributed by atoms with Crippen LogP contribution in [-0.2, 0) is 12.0 Å². The van der Waals surface area contributed by atoms with Crippen molar-refractivity contribution in [2.45, 2.75) is 39.7 Å². The number of rotatable bonds is 5. The number of aromatic nitrogens is 4. The lowest BCUT2D eigenvalue weighted by atomic mass is 10.1. The first kappa shape index (κ1) is 18.0. The Balaban J connectivity index is 1.99. The summed E-state index contributed by atoms with van der Waals surface area (Å²) in [5.41, 5.74) is 1.68. The zero-order chi connectivity index (χ0) is 18.9. The maximum absolute atomic E-state index is 5.38. The van der Waals surface area contributed by atoms with Gasteiger partial charge in [-0.3, -0.25) is 0 Å². The molecule has 0 spiro atoms.